The zero-order valence-corrected chi connectivity index (χ0v) is 10.8. The molecule has 0 saturated heterocycles. The SMILES string of the molecule is CCNC(=O)c1ccccc1N(C)C(=O)C1CC1. The lowest BCUT2D eigenvalue weighted by Crippen LogP contribution is -2.31. The van der Waals surface area contributed by atoms with E-state index in [9.17, 15) is 9.59 Å². The molecule has 0 aromatic heterocycles. The van der Waals surface area contributed by atoms with Crippen LogP contribution >= 0.6 is 0 Å². The Hall–Kier alpha value is -1.84. The molecule has 2 rings (SSSR count). The maximum absolute atomic E-state index is 12.0. The van der Waals surface area contributed by atoms with Crippen LogP contribution in [0.3, 0.4) is 0 Å². The van der Waals surface area contributed by atoms with Crippen molar-refractivity contribution < 1.29 is 9.59 Å². The van der Waals surface area contributed by atoms with Gasteiger partial charge in [0, 0.05) is 19.5 Å². The average molecular weight is 246 g/mol. The van der Waals surface area contributed by atoms with E-state index in [1.54, 1.807) is 18.0 Å². The Morgan fingerprint density at radius 2 is 2.00 bits per heavy atom. The van der Waals surface area contributed by atoms with E-state index in [4.69, 9.17) is 0 Å². The molecule has 0 unspecified atom stereocenters. The van der Waals surface area contributed by atoms with E-state index < -0.39 is 0 Å². The number of carbonyl (C=O) groups excluding carboxylic acids is 2. The highest BCUT2D eigenvalue weighted by Gasteiger charge is 2.33. The van der Waals surface area contributed by atoms with Crippen LogP contribution in [0.1, 0.15) is 30.1 Å². The molecular formula is C14H18N2O2. The number of para-hydroxylation sites is 1. The van der Waals surface area contributed by atoms with Gasteiger partial charge in [0.2, 0.25) is 5.91 Å². The molecule has 1 saturated carbocycles. The van der Waals surface area contributed by atoms with Gasteiger partial charge in [-0.25, -0.2) is 0 Å². The molecule has 1 aromatic rings. The summed E-state index contributed by atoms with van der Waals surface area (Å²) in [7, 11) is 1.73. The standard InChI is InChI=1S/C14H18N2O2/c1-3-15-13(17)11-6-4-5-7-12(11)16(2)14(18)10-8-9-10/h4-7,10H,3,8-9H2,1-2H3,(H,15,17). The largest absolute Gasteiger partial charge is 0.352 e. The molecule has 1 N–H and O–H groups in total. The van der Waals surface area contributed by atoms with Gasteiger partial charge in [0.05, 0.1) is 11.3 Å². The van der Waals surface area contributed by atoms with E-state index in [2.05, 4.69) is 5.32 Å². The van der Waals surface area contributed by atoms with E-state index >= 15 is 0 Å². The number of hydrogen-bond acceptors (Lipinski definition) is 2. The van der Waals surface area contributed by atoms with E-state index in [1.807, 2.05) is 25.1 Å². The summed E-state index contributed by atoms with van der Waals surface area (Å²) in [5, 5.41) is 2.76. The minimum atomic E-state index is -0.136. The topological polar surface area (TPSA) is 49.4 Å². The van der Waals surface area contributed by atoms with Crippen LogP contribution in [0, 0.1) is 5.92 Å². The Balaban J connectivity index is 2.25. The predicted octanol–water partition coefficient (Wildman–Crippen LogP) is 1.81. The fourth-order valence-corrected chi connectivity index (χ4v) is 1.94. The second kappa shape index (κ2) is 5.21. The summed E-state index contributed by atoms with van der Waals surface area (Å²) in [5.41, 5.74) is 1.23. The van der Waals surface area contributed by atoms with Gasteiger partial charge in [-0.05, 0) is 31.9 Å². The van der Waals surface area contributed by atoms with Gasteiger partial charge < -0.3 is 10.2 Å². The highest BCUT2D eigenvalue weighted by atomic mass is 16.2. The molecule has 0 spiro atoms. The van der Waals surface area contributed by atoms with Gasteiger partial charge in [-0.2, -0.15) is 0 Å². The van der Waals surface area contributed by atoms with Gasteiger partial charge in [-0.3, -0.25) is 9.59 Å². The van der Waals surface area contributed by atoms with Crippen LogP contribution in [-0.2, 0) is 4.79 Å². The molecule has 1 aliphatic carbocycles. The van der Waals surface area contributed by atoms with Crippen LogP contribution in [0.25, 0.3) is 0 Å². The molecule has 1 fully saturated rings. The van der Waals surface area contributed by atoms with Crippen molar-refractivity contribution in [3.63, 3.8) is 0 Å². The summed E-state index contributed by atoms with van der Waals surface area (Å²) in [4.78, 5) is 25.6. The summed E-state index contributed by atoms with van der Waals surface area (Å²) < 4.78 is 0. The number of benzene rings is 1. The maximum atomic E-state index is 12.0. The normalized spacial score (nSPS) is 14.1. The molecule has 1 aromatic carbocycles. The molecule has 0 radical (unpaired) electrons. The Morgan fingerprint density at radius 3 is 2.61 bits per heavy atom. The number of amides is 2. The molecule has 2 amide bonds. The zero-order valence-electron chi connectivity index (χ0n) is 10.8. The Kier molecular flexibility index (Phi) is 3.65. The van der Waals surface area contributed by atoms with Crippen LogP contribution < -0.4 is 10.2 Å². The molecule has 1 aliphatic rings. The third-order valence-electron chi connectivity index (χ3n) is 3.10. The van der Waals surface area contributed by atoms with Crippen LogP contribution in [-0.4, -0.2) is 25.4 Å². The molecule has 0 heterocycles. The number of nitrogens with one attached hydrogen (secondary N) is 1. The number of nitrogens with zero attached hydrogens (tertiary/aromatic N) is 1. The fourth-order valence-electron chi connectivity index (χ4n) is 1.94. The van der Waals surface area contributed by atoms with Crippen LogP contribution in [0.2, 0.25) is 0 Å². The van der Waals surface area contributed by atoms with Gasteiger partial charge in [0.1, 0.15) is 0 Å². The third-order valence-corrected chi connectivity index (χ3v) is 3.10. The second-order valence-corrected chi connectivity index (χ2v) is 4.55. The summed E-state index contributed by atoms with van der Waals surface area (Å²) >= 11 is 0. The molecule has 96 valence electrons. The Morgan fingerprint density at radius 1 is 1.33 bits per heavy atom. The quantitative estimate of drug-likeness (QED) is 0.880. The van der Waals surface area contributed by atoms with Crippen molar-refractivity contribution in [1.29, 1.82) is 0 Å². The fraction of sp³-hybridized carbons (Fsp3) is 0.429. The molecule has 0 atom stereocenters. The lowest BCUT2D eigenvalue weighted by atomic mass is 10.1. The molecule has 0 aliphatic heterocycles. The van der Waals surface area contributed by atoms with Crippen LogP contribution in [0.4, 0.5) is 5.69 Å². The van der Waals surface area contributed by atoms with E-state index in [0.717, 1.165) is 12.8 Å². The molecule has 18 heavy (non-hydrogen) atoms. The van der Waals surface area contributed by atoms with Crippen molar-refractivity contribution in [2.75, 3.05) is 18.5 Å². The number of rotatable bonds is 4. The molecule has 0 bridgehead atoms. The lowest BCUT2D eigenvalue weighted by molar-refractivity contribution is -0.119. The van der Waals surface area contributed by atoms with Crippen molar-refractivity contribution in [2.24, 2.45) is 5.92 Å². The lowest BCUT2D eigenvalue weighted by Gasteiger charge is -2.20. The van der Waals surface area contributed by atoms with Crippen LogP contribution in [0.5, 0.6) is 0 Å². The number of anilines is 1. The number of hydrogen-bond donors (Lipinski definition) is 1. The van der Waals surface area contributed by atoms with E-state index in [-0.39, 0.29) is 17.7 Å². The average Bonchev–Trinajstić information content (AvgIpc) is 3.21. The summed E-state index contributed by atoms with van der Waals surface area (Å²) in [6.45, 7) is 2.45. The first kappa shape index (κ1) is 12.6. The maximum Gasteiger partial charge on any atom is 0.253 e. The minimum Gasteiger partial charge on any atom is -0.352 e. The molecule has 4 nitrogen and oxygen atoms in total. The van der Waals surface area contributed by atoms with Gasteiger partial charge in [0.15, 0.2) is 0 Å². The van der Waals surface area contributed by atoms with Crippen LogP contribution in [0.15, 0.2) is 24.3 Å². The Labute approximate surface area is 107 Å². The summed E-state index contributed by atoms with van der Waals surface area (Å²) in [5.74, 6) is 0.118. The first-order valence-corrected chi connectivity index (χ1v) is 6.30. The monoisotopic (exact) mass is 246 g/mol. The van der Waals surface area contributed by atoms with Gasteiger partial charge in [-0.1, -0.05) is 12.1 Å². The smallest absolute Gasteiger partial charge is 0.253 e. The zero-order chi connectivity index (χ0) is 13.1. The number of carbonyl (C=O) groups is 2. The van der Waals surface area contributed by atoms with Crippen molar-refractivity contribution >= 4 is 17.5 Å². The van der Waals surface area contributed by atoms with Crippen molar-refractivity contribution in [3.05, 3.63) is 29.8 Å². The van der Waals surface area contributed by atoms with E-state index in [0.29, 0.717) is 17.8 Å². The molecular weight excluding hydrogens is 228 g/mol. The highest BCUT2D eigenvalue weighted by Crippen LogP contribution is 2.33. The van der Waals surface area contributed by atoms with Crippen molar-refractivity contribution in [2.45, 2.75) is 19.8 Å². The van der Waals surface area contributed by atoms with Gasteiger partial charge >= 0.3 is 0 Å². The first-order valence-electron chi connectivity index (χ1n) is 6.30. The second-order valence-electron chi connectivity index (χ2n) is 4.55. The first-order chi connectivity index (χ1) is 8.65. The summed E-state index contributed by atoms with van der Waals surface area (Å²) in [6, 6.07) is 7.21. The highest BCUT2D eigenvalue weighted by molar-refractivity contribution is 6.05. The minimum absolute atomic E-state index is 0.103. The third kappa shape index (κ3) is 2.53. The predicted molar refractivity (Wildman–Crippen MR) is 70.6 cm³/mol. The summed E-state index contributed by atoms with van der Waals surface area (Å²) in [6.07, 6.45) is 1.93. The Bertz CT molecular complexity index is 467. The van der Waals surface area contributed by atoms with Crippen molar-refractivity contribution in [1.82, 2.24) is 5.32 Å². The van der Waals surface area contributed by atoms with Crippen molar-refractivity contribution in [3.8, 4) is 0 Å². The van der Waals surface area contributed by atoms with E-state index in [1.165, 1.54) is 0 Å². The molecule has 4 heteroatoms. The van der Waals surface area contributed by atoms with Gasteiger partial charge in [-0.15, -0.1) is 0 Å². The van der Waals surface area contributed by atoms with Gasteiger partial charge in [0.25, 0.3) is 5.91 Å².